The van der Waals surface area contributed by atoms with Crippen molar-refractivity contribution in [1.82, 2.24) is 0 Å². The fourth-order valence-corrected chi connectivity index (χ4v) is 1.31. The lowest BCUT2D eigenvalue weighted by atomic mass is 10.2. The zero-order valence-corrected chi connectivity index (χ0v) is 10.6. The Balaban J connectivity index is 2.30. The summed E-state index contributed by atoms with van der Waals surface area (Å²) in [6, 6.07) is 8.24. The van der Waals surface area contributed by atoms with Crippen molar-refractivity contribution >= 4 is 11.9 Å². The molecule has 0 fully saturated rings. The number of benzene rings is 1. The number of rotatable bonds is 7. The molecule has 0 bridgehead atoms. The molecule has 0 aliphatic carbocycles. The van der Waals surface area contributed by atoms with Gasteiger partial charge >= 0.3 is 11.9 Å². The zero-order valence-electron chi connectivity index (χ0n) is 10.6. The lowest BCUT2D eigenvalue weighted by Crippen LogP contribution is -2.35. The highest BCUT2D eigenvalue weighted by Gasteiger charge is 2.19. The van der Waals surface area contributed by atoms with Crippen LogP contribution in [-0.4, -0.2) is 24.6 Å². The molecule has 0 aliphatic rings. The lowest BCUT2D eigenvalue weighted by Gasteiger charge is -2.10. The molecule has 5 nitrogen and oxygen atoms in total. The molecule has 1 aromatic carbocycles. The summed E-state index contributed by atoms with van der Waals surface area (Å²) in [6.07, 6.45) is 1.22. The van der Waals surface area contributed by atoms with Crippen LogP contribution in [-0.2, 0) is 25.7 Å². The summed E-state index contributed by atoms with van der Waals surface area (Å²) >= 11 is 0. The van der Waals surface area contributed by atoms with E-state index in [1.54, 1.807) is 0 Å². The topological polar surface area (TPSA) is 78.6 Å². The van der Waals surface area contributed by atoms with E-state index in [4.69, 9.17) is 15.2 Å². The standard InChI is InChI=1S/C14H17NO4/c1-2-8-18-14(17)12(15)9-13(16)19-10-11-6-4-3-5-7-11/h2-7,12H,1,8-10,15H2/t12-/m0/s1. The molecule has 0 amide bonds. The molecule has 0 saturated carbocycles. The van der Waals surface area contributed by atoms with E-state index in [1.807, 2.05) is 30.3 Å². The molecule has 1 rings (SSSR count). The van der Waals surface area contributed by atoms with Crippen molar-refractivity contribution in [3.05, 3.63) is 48.6 Å². The van der Waals surface area contributed by atoms with Gasteiger partial charge in [0.2, 0.25) is 0 Å². The van der Waals surface area contributed by atoms with Gasteiger partial charge in [-0.25, -0.2) is 0 Å². The maximum atomic E-state index is 11.5. The van der Waals surface area contributed by atoms with Crippen LogP contribution in [0.4, 0.5) is 0 Å². The molecule has 0 radical (unpaired) electrons. The highest BCUT2D eigenvalue weighted by molar-refractivity contribution is 5.82. The van der Waals surface area contributed by atoms with Crippen molar-refractivity contribution in [2.45, 2.75) is 19.1 Å². The van der Waals surface area contributed by atoms with E-state index in [9.17, 15) is 9.59 Å². The maximum absolute atomic E-state index is 11.5. The Hall–Kier alpha value is -2.14. The highest BCUT2D eigenvalue weighted by atomic mass is 16.5. The first kappa shape index (κ1) is 14.9. The quantitative estimate of drug-likeness (QED) is 0.590. The van der Waals surface area contributed by atoms with Gasteiger partial charge in [0.15, 0.2) is 0 Å². The van der Waals surface area contributed by atoms with Gasteiger partial charge in [-0.05, 0) is 5.56 Å². The van der Waals surface area contributed by atoms with Gasteiger partial charge in [-0.3, -0.25) is 9.59 Å². The van der Waals surface area contributed by atoms with Crippen molar-refractivity contribution in [3.8, 4) is 0 Å². The summed E-state index contributed by atoms with van der Waals surface area (Å²) in [7, 11) is 0. The van der Waals surface area contributed by atoms with Crippen LogP contribution in [0.15, 0.2) is 43.0 Å². The van der Waals surface area contributed by atoms with Gasteiger partial charge in [-0.15, -0.1) is 0 Å². The molecule has 0 saturated heterocycles. The van der Waals surface area contributed by atoms with E-state index in [2.05, 4.69) is 6.58 Å². The summed E-state index contributed by atoms with van der Waals surface area (Å²) in [5.41, 5.74) is 6.39. The number of ether oxygens (including phenoxy) is 2. The van der Waals surface area contributed by atoms with Crippen LogP contribution in [0.1, 0.15) is 12.0 Å². The molecule has 19 heavy (non-hydrogen) atoms. The second-order valence-electron chi connectivity index (χ2n) is 3.88. The first-order chi connectivity index (χ1) is 9.13. The maximum Gasteiger partial charge on any atom is 0.323 e. The van der Waals surface area contributed by atoms with Crippen molar-refractivity contribution in [1.29, 1.82) is 0 Å². The van der Waals surface area contributed by atoms with E-state index < -0.39 is 18.0 Å². The van der Waals surface area contributed by atoms with Crippen LogP contribution in [0.3, 0.4) is 0 Å². The fraction of sp³-hybridized carbons (Fsp3) is 0.286. The molecular weight excluding hydrogens is 246 g/mol. The predicted molar refractivity (Wildman–Crippen MR) is 70.0 cm³/mol. The number of carbonyl (C=O) groups excluding carboxylic acids is 2. The molecule has 1 atom stereocenters. The van der Waals surface area contributed by atoms with Crippen molar-refractivity contribution in [2.24, 2.45) is 5.73 Å². The van der Waals surface area contributed by atoms with Crippen LogP contribution >= 0.6 is 0 Å². The van der Waals surface area contributed by atoms with Gasteiger partial charge in [0, 0.05) is 0 Å². The number of hydrogen-bond donors (Lipinski definition) is 1. The summed E-state index contributed by atoms with van der Waals surface area (Å²) < 4.78 is 9.73. The molecule has 102 valence electrons. The first-order valence-corrected chi connectivity index (χ1v) is 5.86. The number of esters is 2. The first-order valence-electron chi connectivity index (χ1n) is 5.86. The second-order valence-corrected chi connectivity index (χ2v) is 3.88. The largest absolute Gasteiger partial charge is 0.461 e. The van der Waals surface area contributed by atoms with Crippen molar-refractivity contribution in [2.75, 3.05) is 6.61 Å². The number of nitrogens with two attached hydrogens (primary N) is 1. The Morgan fingerprint density at radius 3 is 2.58 bits per heavy atom. The Morgan fingerprint density at radius 2 is 1.95 bits per heavy atom. The summed E-state index contributed by atoms with van der Waals surface area (Å²) in [5, 5.41) is 0. The van der Waals surface area contributed by atoms with Gasteiger partial charge in [0.25, 0.3) is 0 Å². The average Bonchev–Trinajstić information content (AvgIpc) is 2.43. The van der Waals surface area contributed by atoms with E-state index >= 15 is 0 Å². The third-order valence-electron chi connectivity index (χ3n) is 2.28. The molecule has 0 heterocycles. The van der Waals surface area contributed by atoms with E-state index in [0.29, 0.717) is 0 Å². The summed E-state index contributed by atoms with van der Waals surface area (Å²) in [4.78, 5) is 22.8. The minimum absolute atomic E-state index is 0.0750. The Morgan fingerprint density at radius 1 is 1.26 bits per heavy atom. The van der Waals surface area contributed by atoms with Gasteiger partial charge in [0.05, 0.1) is 6.42 Å². The molecule has 2 N–H and O–H groups in total. The van der Waals surface area contributed by atoms with Crippen LogP contribution in [0.25, 0.3) is 0 Å². The molecule has 5 heteroatoms. The third kappa shape index (κ3) is 5.83. The summed E-state index contributed by atoms with van der Waals surface area (Å²) in [6.45, 7) is 3.64. The van der Waals surface area contributed by atoms with Crippen LogP contribution < -0.4 is 5.73 Å². The normalized spacial score (nSPS) is 11.4. The summed E-state index contributed by atoms with van der Waals surface area (Å²) in [5.74, 6) is -1.18. The molecular formula is C14H17NO4. The number of hydrogen-bond acceptors (Lipinski definition) is 5. The fourth-order valence-electron chi connectivity index (χ4n) is 1.31. The Bertz CT molecular complexity index is 430. The smallest absolute Gasteiger partial charge is 0.323 e. The van der Waals surface area contributed by atoms with Crippen LogP contribution in [0.2, 0.25) is 0 Å². The van der Waals surface area contributed by atoms with Crippen molar-refractivity contribution in [3.63, 3.8) is 0 Å². The molecule has 0 spiro atoms. The van der Waals surface area contributed by atoms with E-state index in [-0.39, 0.29) is 19.6 Å². The SMILES string of the molecule is C=CCOC(=O)[C@@H](N)CC(=O)OCc1ccccc1. The minimum atomic E-state index is -1.01. The lowest BCUT2D eigenvalue weighted by molar-refractivity contribution is -0.151. The van der Waals surface area contributed by atoms with E-state index in [1.165, 1.54) is 6.08 Å². The minimum Gasteiger partial charge on any atom is -0.461 e. The second kappa shape index (κ2) is 8.05. The van der Waals surface area contributed by atoms with Gasteiger partial charge in [-0.1, -0.05) is 43.0 Å². The Kier molecular flexibility index (Phi) is 6.32. The third-order valence-corrected chi connectivity index (χ3v) is 2.28. The van der Waals surface area contributed by atoms with Gasteiger partial charge in [0.1, 0.15) is 19.3 Å². The molecule has 0 aliphatic heterocycles. The van der Waals surface area contributed by atoms with Gasteiger partial charge < -0.3 is 15.2 Å². The van der Waals surface area contributed by atoms with Crippen LogP contribution in [0, 0.1) is 0 Å². The monoisotopic (exact) mass is 263 g/mol. The molecule has 0 unspecified atom stereocenters. The molecule has 1 aromatic rings. The molecule has 0 aromatic heterocycles. The van der Waals surface area contributed by atoms with Crippen molar-refractivity contribution < 1.29 is 19.1 Å². The van der Waals surface area contributed by atoms with Crippen LogP contribution in [0.5, 0.6) is 0 Å². The average molecular weight is 263 g/mol. The van der Waals surface area contributed by atoms with E-state index in [0.717, 1.165) is 5.56 Å². The Labute approximate surface area is 112 Å². The zero-order chi connectivity index (χ0) is 14.1. The van der Waals surface area contributed by atoms with Gasteiger partial charge in [-0.2, -0.15) is 0 Å². The predicted octanol–water partition coefficient (Wildman–Crippen LogP) is 1.18. The highest BCUT2D eigenvalue weighted by Crippen LogP contribution is 2.03. The number of carbonyl (C=O) groups is 2.